The third-order valence-corrected chi connectivity index (χ3v) is 5.34. The van der Waals surface area contributed by atoms with Crippen molar-refractivity contribution < 1.29 is 27.5 Å². The molecule has 1 heterocycles. The third-order valence-electron chi connectivity index (χ3n) is 3.54. The smallest absolute Gasteiger partial charge is 0.308 e. The van der Waals surface area contributed by atoms with Crippen molar-refractivity contribution in [3.8, 4) is 0 Å². The van der Waals surface area contributed by atoms with Crippen molar-refractivity contribution in [2.75, 3.05) is 24.2 Å². The van der Waals surface area contributed by atoms with E-state index in [1.165, 1.54) is 43.0 Å². The number of nitrogens with zero attached hydrogens (tertiary/aromatic N) is 1. The molecule has 1 atom stereocenters. The van der Waals surface area contributed by atoms with Gasteiger partial charge in [-0.15, -0.1) is 0 Å². The predicted octanol–water partition coefficient (Wildman–Crippen LogP) is 0.763. The number of thioether (sulfide) groups is 1. The van der Waals surface area contributed by atoms with Crippen molar-refractivity contribution in [1.29, 1.82) is 0 Å². The molecular formula is C15H19N3O6S2. The van der Waals surface area contributed by atoms with Gasteiger partial charge in [0.05, 0.1) is 11.3 Å². The van der Waals surface area contributed by atoms with E-state index in [1.807, 2.05) is 0 Å². The van der Waals surface area contributed by atoms with E-state index in [9.17, 15) is 22.8 Å². The Morgan fingerprint density at radius 3 is 2.77 bits per heavy atom. The number of hydrogen-bond donors (Lipinski definition) is 2. The lowest BCUT2D eigenvalue weighted by atomic mass is 10.3. The standard InChI is InChI=1S/C15H19N3O6S2/c1-10(24-13(19)5-6-18-7-8-25-15(18)21)14(20)17-11-3-2-4-12(9-11)26(16,22)23/h2-4,9-10H,5-8H2,1H3,(H,17,20)(H2,16,22,23). The van der Waals surface area contributed by atoms with E-state index in [0.29, 0.717) is 12.3 Å². The SMILES string of the molecule is CC(OC(=O)CCN1CCSC1=O)C(=O)Nc1cccc(S(N)(=O)=O)c1. The lowest BCUT2D eigenvalue weighted by Crippen LogP contribution is -2.32. The molecule has 1 unspecified atom stereocenters. The molecule has 26 heavy (non-hydrogen) atoms. The highest BCUT2D eigenvalue weighted by Crippen LogP contribution is 2.17. The first kappa shape index (κ1) is 20.2. The number of nitrogens with two attached hydrogens (primary N) is 1. The summed E-state index contributed by atoms with van der Waals surface area (Å²) in [5.74, 6) is -0.516. The Morgan fingerprint density at radius 2 is 2.15 bits per heavy atom. The zero-order valence-corrected chi connectivity index (χ0v) is 15.6. The summed E-state index contributed by atoms with van der Waals surface area (Å²) in [4.78, 5) is 36.7. The zero-order valence-electron chi connectivity index (χ0n) is 14.0. The molecule has 1 fully saturated rings. The molecule has 0 spiro atoms. The number of anilines is 1. The monoisotopic (exact) mass is 401 g/mol. The highest BCUT2D eigenvalue weighted by Gasteiger charge is 2.23. The minimum absolute atomic E-state index is 0.00910. The molecule has 2 rings (SSSR count). The Morgan fingerprint density at radius 1 is 1.42 bits per heavy atom. The average Bonchev–Trinajstić information content (AvgIpc) is 2.97. The Hall–Kier alpha value is -2.11. The van der Waals surface area contributed by atoms with Gasteiger partial charge in [0, 0.05) is 24.5 Å². The first-order valence-electron chi connectivity index (χ1n) is 7.72. The number of benzene rings is 1. The summed E-state index contributed by atoms with van der Waals surface area (Å²) in [7, 11) is -3.89. The van der Waals surface area contributed by atoms with Crippen molar-refractivity contribution >= 4 is 44.6 Å². The second-order valence-electron chi connectivity index (χ2n) is 5.55. The minimum atomic E-state index is -3.89. The van der Waals surface area contributed by atoms with Crippen LogP contribution in [-0.4, -0.2) is 55.4 Å². The van der Waals surface area contributed by atoms with Crippen molar-refractivity contribution in [2.45, 2.75) is 24.3 Å². The van der Waals surface area contributed by atoms with E-state index in [1.54, 1.807) is 4.90 Å². The number of amides is 2. The van der Waals surface area contributed by atoms with Crippen LogP contribution in [0.2, 0.25) is 0 Å². The Labute approximate surface area is 155 Å². The van der Waals surface area contributed by atoms with E-state index in [-0.39, 0.29) is 28.8 Å². The van der Waals surface area contributed by atoms with E-state index >= 15 is 0 Å². The van der Waals surface area contributed by atoms with Gasteiger partial charge in [-0.3, -0.25) is 14.4 Å². The van der Waals surface area contributed by atoms with Crippen LogP contribution < -0.4 is 10.5 Å². The van der Waals surface area contributed by atoms with Crippen LogP contribution in [0, 0.1) is 0 Å². The second-order valence-corrected chi connectivity index (χ2v) is 8.15. The molecule has 11 heteroatoms. The molecule has 0 aromatic heterocycles. The van der Waals surface area contributed by atoms with Crippen LogP contribution in [0.15, 0.2) is 29.2 Å². The molecule has 0 saturated carbocycles. The van der Waals surface area contributed by atoms with Gasteiger partial charge < -0.3 is 15.0 Å². The Bertz CT molecular complexity index is 811. The topological polar surface area (TPSA) is 136 Å². The second kappa shape index (κ2) is 8.52. The van der Waals surface area contributed by atoms with Crippen LogP contribution in [0.5, 0.6) is 0 Å². The van der Waals surface area contributed by atoms with Gasteiger partial charge in [-0.05, 0) is 25.1 Å². The van der Waals surface area contributed by atoms with E-state index in [2.05, 4.69) is 5.32 Å². The largest absolute Gasteiger partial charge is 0.452 e. The highest BCUT2D eigenvalue weighted by atomic mass is 32.2. The number of sulfonamides is 1. The molecular weight excluding hydrogens is 382 g/mol. The van der Waals surface area contributed by atoms with Gasteiger partial charge in [0.2, 0.25) is 10.0 Å². The molecule has 1 aliphatic heterocycles. The lowest BCUT2D eigenvalue weighted by Gasteiger charge is -2.16. The summed E-state index contributed by atoms with van der Waals surface area (Å²) in [5, 5.41) is 7.43. The maximum atomic E-state index is 12.1. The molecule has 1 saturated heterocycles. The summed E-state index contributed by atoms with van der Waals surface area (Å²) in [6.07, 6.45) is -1.09. The van der Waals surface area contributed by atoms with Crippen molar-refractivity contribution in [1.82, 2.24) is 4.90 Å². The molecule has 2 amide bonds. The van der Waals surface area contributed by atoms with Crippen LogP contribution in [0.25, 0.3) is 0 Å². The number of esters is 1. The van der Waals surface area contributed by atoms with Gasteiger partial charge in [0.15, 0.2) is 6.10 Å². The van der Waals surface area contributed by atoms with E-state index in [0.717, 1.165) is 0 Å². The van der Waals surface area contributed by atoms with Gasteiger partial charge in [0.25, 0.3) is 11.1 Å². The predicted molar refractivity (Wildman–Crippen MR) is 96.0 cm³/mol. The summed E-state index contributed by atoms with van der Waals surface area (Å²) < 4.78 is 27.7. The van der Waals surface area contributed by atoms with Gasteiger partial charge in [-0.1, -0.05) is 17.8 Å². The fourth-order valence-electron chi connectivity index (χ4n) is 2.16. The quantitative estimate of drug-likeness (QED) is 0.644. The van der Waals surface area contributed by atoms with Gasteiger partial charge in [-0.2, -0.15) is 0 Å². The summed E-state index contributed by atoms with van der Waals surface area (Å²) in [5.41, 5.74) is 0.212. The molecule has 1 aromatic carbocycles. The first-order chi connectivity index (χ1) is 12.2. The van der Waals surface area contributed by atoms with Crippen LogP contribution in [0.1, 0.15) is 13.3 Å². The molecule has 142 valence electrons. The van der Waals surface area contributed by atoms with Crippen LogP contribution in [0.3, 0.4) is 0 Å². The molecule has 1 aliphatic rings. The van der Waals surface area contributed by atoms with E-state index in [4.69, 9.17) is 9.88 Å². The average molecular weight is 401 g/mol. The molecule has 1 aromatic rings. The minimum Gasteiger partial charge on any atom is -0.452 e. The maximum Gasteiger partial charge on any atom is 0.308 e. The number of nitrogens with one attached hydrogen (secondary N) is 1. The fraction of sp³-hybridized carbons (Fsp3) is 0.400. The number of carbonyl (C=O) groups excluding carboxylic acids is 3. The van der Waals surface area contributed by atoms with Gasteiger partial charge >= 0.3 is 5.97 Å². The number of carbonyl (C=O) groups is 3. The maximum absolute atomic E-state index is 12.1. The van der Waals surface area contributed by atoms with Crippen molar-refractivity contribution in [3.05, 3.63) is 24.3 Å². The van der Waals surface area contributed by atoms with Crippen LogP contribution in [0.4, 0.5) is 10.5 Å². The molecule has 0 radical (unpaired) electrons. The number of ether oxygens (including phenoxy) is 1. The highest BCUT2D eigenvalue weighted by molar-refractivity contribution is 8.13. The fourth-order valence-corrected chi connectivity index (χ4v) is 3.57. The normalized spacial score (nSPS) is 15.6. The number of primary sulfonamides is 1. The summed E-state index contributed by atoms with van der Waals surface area (Å²) in [6, 6.07) is 5.42. The van der Waals surface area contributed by atoms with Crippen LogP contribution >= 0.6 is 11.8 Å². The lowest BCUT2D eigenvalue weighted by molar-refractivity contribution is -0.153. The Kier molecular flexibility index (Phi) is 6.62. The molecule has 0 bridgehead atoms. The van der Waals surface area contributed by atoms with Gasteiger partial charge in [0.1, 0.15) is 0 Å². The van der Waals surface area contributed by atoms with Crippen molar-refractivity contribution in [2.24, 2.45) is 5.14 Å². The van der Waals surface area contributed by atoms with Gasteiger partial charge in [-0.25, -0.2) is 13.6 Å². The van der Waals surface area contributed by atoms with Crippen LogP contribution in [-0.2, 0) is 24.3 Å². The number of rotatable bonds is 7. The summed E-state index contributed by atoms with van der Waals surface area (Å²) >= 11 is 1.20. The molecule has 9 nitrogen and oxygen atoms in total. The van der Waals surface area contributed by atoms with Crippen molar-refractivity contribution in [3.63, 3.8) is 0 Å². The zero-order chi connectivity index (χ0) is 19.3. The summed E-state index contributed by atoms with van der Waals surface area (Å²) in [6.45, 7) is 2.23. The molecule has 0 aliphatic carbocycles. The first-order valence-corrected chi connectivity index (χ1v) is 10.2. The van der Waals surface area contributed by atoms with E-state index < -0.39 is 28.0 Å². The third kappa shape index (κ3) is 5.71. The Balaban J connectivity index is 1.85. The molecule has 3 N–H and O–H groups in total. The number of hydrogen-bond acceptors (Lipinski definition) is 7.